The van der Waals surface area contributed by atoms with E-state index in [2.05, 4.69) is 10.2 Å². The van der Waals surface area contributed by atoms with E-state index in [1.165, 1.54) is 0 Å². The minimum Gasteiger partial charge on any atom is -0.452 e. The first-order chi connectivity index (χ1) is 12.6. The number of anilines is 2. The Bertz CT molecular complexity index is 742. The molecule has 7 heteroatoms. The summed E-state index contributed by atoms with van der Waals surface area (Å²) >= 11 is 0. The molecule has 26 heavy (non-hydrogen) atoms. The Hall–Kier alpha value is -2.57. The minimum absolute atomic E-state index is 0.0270. The molecule has 3 aliphatic rings. The lowest BCUT2D eigenvalue weighted by molar-refractivity contribution is -0.135. The molecule has 0 unspecified atom stereocenters. The molecule has 0 bridgehead atoms. The molecule has 2 fully saturated rings. The first-order valence-electron chi connectivity index (χ1n) is 9.30. The molecule has 2 saturated heterocycles. The number of carbonyl (C=O) groups is 3. The van der Waals surface area contributed by atoms with E-state index in [9.17, 15) is 14.4 Å². The van der Waals surface area contributed by atoms with Gasteiger partial charge in [-0.15, -0.1) is 0 Å². The number of piperidine rings is 1. The van der Waals surface area contributed by atoms with Crippen molar-refractivity contribution in [1.29, 1.82) is 0 Å². The number of hydrogen-bond acceptors (Lipinski definition) is 5. The monoisotopic (exact) mass is 357 g/mol. The number of amides is 2. The van der Waals surface area contributed by atoms with Crippen molar-refractivity contribution >= 4 is 29.2 Å². The van der Waals surface area contributed by atoms with Crippen molar-refractivity contribution in [3.05, 3.63) is 23.8 Å². The van der Waals surface area contributed by atoms with Crippen LogP contribution in [-0.4, -0.2) is 55.0 Å². The maximum atomic E-state index is 12.3. The van der Waals surface area contributed by atoms with Crippen LogP contribution < -0.4 is 10.2 Å². The Kier molecular flexibility index (Phi) is 4.53. The molecule has 138 valence electrons. The molecular formula is C19H23N3O4. The van der Waals surface area contributed by atoms with Gasteiger partial charge >= 0.3 is 5.97 Å². The second-order valence-corrected chi connectivity index (χ2v) is 7.09. The van der Waals surface area contributed by atoms with Crippen LogP contribution in [0.3, 0.4) is 0 Å². The lowest BCUT2D eigenvalue weighted by atomic mass is 10.1. The first kappa shape index (κ1) is 16.9. The number of rotatable bonds is 3. The summed E-state index contributed by atoms with van der Waals surface area (Å²) in [6.45, 7) is 2.08. The molecular weight excluding hydrogens is 334 g/mol. The van der Waals surface area contributed by atoms with Crippen molar-refractivity contribution in [2.75, 3.05) is 36.5 Å². The summed E-state index contributed by atoms with van der Waals surface area (Å²) in [5, 5.41) is 2.88. The Morgan fingerprint density at radius 3 is 2.73 bits per heavy atom. The summed E-state index contributed by atoms with van der Waals surface area (Å²) in [6, 6.07) is 5.06. The fourth-order valence-corrected chi connectivity index (χ4v) is 4.00. The SMILES string of the molecule is O=C(OCC(=O)N1CCCCC1)c1ccc2c(c1)NC(=O)[C@@H]1CCCN21. The summed E-state index contributed by atoms with van der Waals surface area (Å²) in [6.07, 6.45) is 4.99. The lowest BCUT2D eigenvalue weighted by Crippen LogP contribution is -2.43. The van der Waals surface area contributed by atoms with Gasteiger partial charge in [0.15, 0.2) is 6.61 Å². The van der Waals surface area contributed by atoms with Crippen LogP contribution >= 0.6 is 0 Å². The largest absolute Gasteiger partial charge is 0.452 e. The van der Waals surface area contributed by atoms with Gasteiger partial charge in [0.2, 0.25) is 5.91 Å². The van der Waals surface area contributed by atoms with Crippen LogP contribution in [0.1, 0.15) is 42.5 Å². The van der Waals surface area contributed by atoms with Crippen molar-refractivity contribution in [3.63, 3.8) is 0 Å². The summed E-state index contributed by atoms with van der Waals surface area (Å²) in [5.41, 5.74) is 1.91. The van der Waals surface area contributed by atoms with E-state index in [0.717, 1.165) is 57.4 Å². The third-order valence-corrected chi connectivity index (χ3v) is 5.39. The molecule has 0 radical (unpaired) electrons. The second-order valence-electron chi connectivity index (χ2n) is 7.09. The molecule has 0 aromatic heterocycles. The predicted molar refractivity (Wildman–Crippen MR) is 96.2 cm³/mol. The van der Waals surface area contributed by atoms with E-state index >= 15 is 0 Å². The van der Waals surface area contributed by atoms with Crippen molar-refractivity contribution in [3.8, 4) is 0 Å². The van der Waals surface area contributed by atoms with E-state index in [1.54, 1.807) is 17.0 Å². The summed E-state index contributed by atoms with van der Waals surface area (Å²) < 4.78 is 5.19. The topological polar surface area (TPSA) is 79.0 Å². The molecule has 0 saturated carbocycles. The smallest absolute Gasteiger partial charge is 0.338 e. The van der Waals surface area contributed by atoms with Crippen LogP contribution in [-0.2, 0) is 14.3 Å². The molecule has 4 rings (SSSR count). The van der Waals surface area contributed by atoms with E-state index in [1.807, 2.05) is 6.07 Å². The quantitative estimate of drug-likeness (QED) is 0.834. The molecule has 0 spiro atoms. The molecule has 0 aliphatic carbocycles. The van der Waals surface area contributed by atoms with E-state index in [-0.39, 0.29) is 24.5 Å². The standard InChI is InChI=1S/C19H23N3O4/c23-17(21-8-2-1-3-9-21)12-26-19(25)13-6-7-15-14(11-13)20-18(24)16-5-4-10-22(15)16/h6-7,11,16H,1-5,8-10,12H2,(H,20,24)/t16-/m0/s1. The van der Waals surface area contributed by atoms with Crippen LogP contribution in [0.25, 0.3) is 0 Å². The zero-order chi connectivity index (χ0) is 18.1. The highest BCUT2D eigenvalue weighted by molar-refractivity contribution is 6.05. The highest BCUT2D eigenvalue weighted by Crippen LogP contribution is 2.37. The van der Waals surface area contributed by atoms with E-state index in [4.69, 9.17) is 4.74 Å². The fraction of sp³-hybridized carbons (Fsp3) is 0.526. The van der Waals surface area contributed by atoms with Gasteiger partial charge in [-0.1, -0.05) is 0 Å². The van der Waals surface area contributed by atoms with Crippen molar-refractivity contribution in [2.45, 2.75) is 38.1 Å². The number of fused-ring (bicyclic) bond motifs is 3. The average molecular weight is 357 g/mol. The highest BCUT2D eigenvalue weighted by Gasteiger charge is 2.36. The molecule has 3 aliphatic heterocycles. The Labute approximate surface area is 152 Å². The van der Waals surface area contributed by atoms with Crippen LogP contribution in [0, 0.1) is 0 Å². The maximum absolute atomic E-state index is 12.3. The van der Waals surface area contributed by atoms with E-state index in [0.29, 0.717) is 11.3 Å². The molecule has 2 amide bonds. The maximum Gasteiger partial charge on any atom is 0.338 e. The van der Waals surface area contributed by atoms with Gasteiger partial charge in [0.05, 0.1) is 16.9 Å². The first-order valence-corrected chi connectivity index (χ1v) is 9.30. The van der Waals surface area contributed by atoms with Gasteiger partial charge < -0.3 is 19.9 Å². The van der Waals surface area contributed by atoms with Gasteiger partial charge in [-0.2, -0.15) is 0 Å². The van der Waals surface area contributed by atoms with E-state index < -0.39 is 5.97 Å². The number of hydrogen-bond donors (Lipinski definition) is 1. The summed E-state index contributed by atoms with van der Waals surface area (Å²) in [5.74, 6) is -0.721. The third kappa shape index (κ3) is 3.13. The Balaban J connectivity index is 1.42. The number of carbonyl (C=O) groups excluding carboxylic acids is 3. The lowest BCUT2D eigenvalue weighted by Gasteiger charge is -2.33. The average Bonchev–Trinajstić information content (AvgIpc) is 3.17. The predicted octanol–water partition coefficient (Wildman–Crippen LogP) is 1.78. The Morgan fingerprint density at radius 1 is 1.12 bits per heavy atom. The van der Waals surface area contributed by atoms with Crippen molar-refractivity contribution < 1.29 is 19.1 Å². The molecule has 1 aromatic rings. The Morgan fingerprint density at radius 2 is 1.92 bits per heavy atom. The normalized spacial score (nSPS) is 21.7. The molecule has 1 atom stereocenters. The van der Waals surface area contributed by atoms with Crippen molar-refractivity contribution in [1.82, 2.24) is 4.90 Å². The summed E-state index contributed by atoms with van der Waals surface area (Å²) in [4.78, 5) is 40.5. The van der Waals surface area contributed by atoms with Crippen LogP contribution in [0.15, 0.2) is 18.2 Å². The number of esters is 1. The second kappa shape index (κ2) is 6.97. The number of ether oxygens (including phenoxy) is 1. The van der Waals surface area contributed by atoms with Crippen molar-refractivity contribution in [2.24, 2.45) is 0 Å². The van der Waals surface area contributed by atoms with Gasteiger partial charge in [0.25, 0.3) is 5.91 Å². The van der Waals surface area contributed by atoms with Gasteiger partial charge in [-0.25, -0.2) is 4.79 Å². The third-order valence-electron chi connectivity index (χ3n) is 5.39. The van der Waals surface area contributed by atoms with Crippen LogP contribution in [0.5, 0.6) is 0 Å². The van der Waals surface area contributed by atoms with Gasteiger partial charge in [-0.3, -0.25) is 9.59 Å². The molecule has 1 N–H and O–H groups in total. The molecule has 3 heterocycles. The summed E-state index contributed by atoms with van der Waals surface area (Å²) in [7, 11) is 0. The van der Waals surface area contributed by atoms with Gasteiger partial charge in [0, 0.05) is 19.6 Å². The number of likely N-dealkylation sites (tertiary alicyclic amines) is 1. The zero-order valence-electron chi connectivity index (χ0n) is 14.7. The van der Waals surface area contributed by atoms with Gasteiger partial charge in [-0.05, 0) is 50.3 Å². The zero-order valence-corrected chi connectivity index (χ0v) is 14.7. The minimum atomic E-state index is -0.545. The van der Waals surface area contributed by atoms with Crippen LogP contribution in [0.4, 0.5) is 11.4 Å². The van der Waals surface area contributed by atoms with Gasteiger partial charge in [0.1, 0.15) is 6.04 Å². The number of nitrogens with one attached hydrogen (secondary N) is 1. The molecule has 1 aromatic carbocycles. The highest BCUT2D eigenvalue weighted by atomic mass is 16.5. The number of nitrogens with zero attached hydrogens (tertiary/aromatic N) is 2. The number of benzene rings is 1. The molecule has 7 nitrogen and oxygen atoms in total. The van der Waals surface area contributed by atoms with Crippen LogP contribution in [0.2, 0.25) is 0 Å². The fourth-order valence-electron chi connectivity index (χ4n) is 4.00.